The summed E-state index contributed by atoms with van der Waals surface area (Å²) in [5, 5.41) is 9.92. The quantitative estimate of drug-likeness (QED) is 0.553. The lowest BCUT2D eigenvalue weighted by Gasteiger charge is -2.28. The van der Waals surface area contributed by atoms with E-state index in [1.165, 1.54) is 25.7 Å². The third-order valence-corrected chi connectivity index (χ3v) is 3.51. The third kappa shape index (κ3) is 5.58. The molecule has 1 N–H and O–H groups in total. The lowest BCUT2D eigenvalue weighted by Crippen LogP contribution is -2.26. The van der Waals surface area contributed by atoms with Crippen molar-refractivity contribution in [2.75, 3.05) is 6.54 Å². The van der Waals surface area contributed by atoms with Gasteiger partial charge in [0, 0.05) is 25.6 Å². The Morgan fingerprint density at radius 2 is 1.89 bits per heavy atom. The molecule has 0 aromatic rings. The van der Waals surface area contributed by atoms with Crippen LogP contribution in [0.3, 0.4) is 0 Å². The number of aliphatic hydroxyl groups excluding tert-OH is 1. The van der Waals surface area contributed by atoms with Crippen molar-refractivity contribution in [3.05, 3.63) is 11.3 Å². The number of ketones is 1. The number of rotatable bonds is 7. The molecule has 0 aromatic heterocycles. The zero-order valence-corrected chi connectivity index (χ0v) is 12.5. The van der Waals surface area contributed by atoms with Crippen molar-refractivity contribution in [2.24, 2.45) is 10.4 Å². The monoisotopic (exact) mass is 265 g/mol. The number of hydrogen-bond acceptors (Lipinski definition) is 3. The van der Waals surface area contributed by atoms with Gasteiger partial charge in [0.05, 0.1) is 5.57 Å². The van der Waals surface area contributed by atoms with E-state index in [1.807, 2.05) is 13.8 Å². The molecule has 108 valence electrons. The summed E-state index contributed by atoms with van der Waals surface area (Å²) in [6.07, 6.45) is 8.67. The fourth-order valence-corrected chi connectivity index (χ4v) is 2.41. The number of carbonyl (C=O) groups excluding carboxylic acids is 1. The van der Waals surface area contributed by atoms with Gasteiger partial charge in [-0.15, -0.1) is 0 Å². The van der Waals surface area contributed by atoms with Crippen LogP contribution in [0.5, 0.6) is 0 Å². The van der Waals surface area contributed by atoms with Gasteiger partial charge in [-0.2, -0.15) is 0 Å². The highest BCUT2D eigenvalue weighted by atomic mass is 16.3. The number of allylic oxidation sites excluding steroid dienone is 2. The SMILES string of the molecule is CCCCCCCN=CC1=C(O)CC(C)(C)CC1=O. The van der Waals surface area contributed by atoms with E-state index in [0.717, 1.165) is 13.0 Å². The van der Waals surface area contributed by atoms with Crippen LogP contribution in [0.25, 0.3) is 0 Å². The molecule has 0 bridgehead atoms. The van der Waals surface area contributed by atoms with Crippen molar-refractivity contribution in [3.8, 4) is 0 Å². The van der Waals surface area contributed by atoms with Gasteiger partial charge in [0.25, 0.3) is 0 Å². The van der Waals surface area contributed by atoms with Crippen molar-refractivity contribution in [1.82, 2.24) is 0 Å². The molecule has 0 aromatic carbocycles. The van der Waals surface area contributed by atoms with Crippen LogP contribution in [-0.4, -0.2) is 23.6 Å². The van der Waals surface area contributed by atoms with E-state index in [9.17, 15) is 9.90 Å². The van der Waals surface area contributed by atoms with Gasteiger partial charge in [-0.25, -0.2) is 0 Å². The molecule has 0 heterocycles. The summed E-state index contributed by atoms with van der Waals surface area (Å²) in [6, 6.07) is 0. The number of aliphatic imine (C=N–C) groups is 1. The number of Topliss-reactive ketones (excluding diaryl/α,β-unsaturated/α-hetero) is 1. The topological polar surface area (TPSA) is 49.7 Å². The first-order valence-electron chi connectivity index (χ1n) is 7.41. The van der Waals surface area contributed by atoms with E-state index < -0.39 is 0 Å². The number of nitrogens with zero attached hydrogens (tertiary/aromatic N) is 1. The van der Waals surface area contributed by atoms with Crippen LogP contribution in [0.4, 0.5) is 0 Å². The van der Waals surface area contributed by atoms with Gasteiger partial charge in [0.2, 0.25) is 0 Å². The predicted octanol–water partition coefficient (Wildman–Crippen LogP) is 4.23. The van der Waals surface area contributed by atoms with Crippen LogP contribution in [0.15, 0.2) is 16.3 Å². The van der Waals surface area contributed by atoms with Crippen LogP contribution in [0.2, 0.25) is 0 Å². The Kier molecular flexibility index (Phi) is 6.26. The molecule has 1 rings (SSSR count). The second-order valence-corrected chi connectivity index (χ2v) is 6.25. The number of hydrogen-bond donors (Lipinski definition) is 1. The molecule has 0 saturated carbocycles. The predicted molar refractivity (Wildman–Crippen MR) is 79.8 cm³/mol. The third-order valence-electron chi connectivity index (χ3n) is 3.51. The standard InChI is InChI=1S/C16H27NO2/c1-4-5-6-7-8-9-17-12-13-14(18)10-16(2,3)11-15(13)19/h12,18H,4-11H2,1-3H3. The molecule has 3 nitrogen and oxygen atoms in total. The first-order valence-corrected chi connectivity index (χ1v) is 7.41. The van der Waals surface area contributed by atoms with Gasteiger partial charge in [-0.1, -0.05) is 46.5 Å². The maximum atomic E-state index is 11.9. The summed E-state index contributed by atoms with van der Waals surface area (Å²) in [6.45, 7) is 6.95. The molecule has 0 amide bonds. The minimum absolute atomic E-state index is 0.0171. The molecule has 0 saturated heterocycles. The molecule has 19 heavy (non-hydrogen) atoms. The van der Waals surface area contributed by atoms with Gasteiger partial charge in [0.1, 0.15) is 5.76 Å². The molecule has 0 radical (unpaired) electrons. The molecule has 0 aliphatic heterocycles. The summed E-state index contributed by atoms with van der Waals surface area (Å²) in [7, 11) is 0. The number of carbonyl (C=O) groups is 1. The average molecular weight is 265 g/mol. The Bertz CT molecular complexity index is 367. The summed E-state index contributed by atoms with van der Waals surface area (Å²) >= 11 is 0. The van der Waals surface area contributed by atoms with Gasteiger partial charge in [-0.05, 0) is 11.8 Å². The van der Waals surface area contributed by atoms with Crippen LogP contribution < -0.4 is 0 Å². The largest absolute Gasteiger partial charge is 0.511 e. The Morgan fingerprint density at radius 3 is 2.53 bits per heavy atom. The Hall–Kier alpha value is -1.12. The molecule has 0 fully saturated rings. The second-order valence-electron chi connectivity index (χ2n) is 6.25. The molecule has 0 unspecified atom stereocenters. The van der Waals surface area contributed by atoms with E-state index in [-0.39, 0.29) is 17.0 Å². The van der Waals surface area contributed by atoms with Gasteiger partial charge in [-0.3, -0.25) is 9.79 Å². The van der Waals surface area contributed by atoms with Crippen LogP contribution in [-0.2, 0) is 4.79 Å². The fraction of sp³-hybridized carbons (Fsp3) is 0.750. The van der Waals surface area contributed by atoms with E-state index >= 15 is 0 Å². The van der Waals surface area contributed by atoms with Gasteiger partial charge < -0.3 is 5.11 Å². The lowest BCUT2D eigenvalue weighted by atomic mass is 9.77. The van der Waals surface area contributed by atoms with E-state index in [4.69, 9.17) is 0 Å². The van der Waals surface area contributed by atoms with Crippen LogP contribution in [0.1, 0.15) is 65.7 Å². The minimum Gasteiger partial charge on any atom is -0.511 e. The second kappa shape index (κ2) is 7.46. The summed E-state index contributed by atoms with van der Waals surface area (Å²) in [5.74, 6) is 0.222. The van der Waals surface area contributed by atoms with Gasteiger partial charge >= 0.3 is 0 Å². The highest BCUT2D eigenvalue weighted by molar-refractivity contribution is 6.14. The smallest absolute Gasteiger partial charge is 0.168 e. The van der Waals surface area contributed by atoms with Crippen molar-refractivity contribution >= 4 is 12.0 Å². The molecular weight excluding hydrogens is 238 g/mol. The summed E-state index contributed by atoms with van der Waals surface area (Å²) in [4.78, 5) is 16.2. The summed E-state index contributed by atoms with van der Waals surface area (Å²) < 4.78 is 0. The average Bonchev–Trinajstić information content (AvgIpc) is 2.29. The highest BCUT2D eigenvalue weighted by Crippen LogP contribution is 2.35. The van der Waals surface area contributed by atoms with Crippen molar-refractivity contribution in [1.29, 1.82) is 0 Å². The highest BCUT2D eigenvalue weighted by Gasteiger charge is 2.32. The Labute approximate surface area is 116 Å². The lowest BCUT2D eigenvalue weighted by molar-refractivity contribution is -0.117. The van der Waals surface area contributed by atoms with Crippen molar-refractivity contribution in [2.45, 2.75) is 65.7 Å². The number of aliphatic hydroxyl groups is 1. The zero-order chi connectivity index (χ0) is 14.3. The van der Waals surface area contributed by atoms with Crippen molar-refractivity contribution < 1.29 is 9.90 Å². The van der Waals surface area contributed by atoms with E-state index in [2.05, 4.69) is 11.9 Å². The summed E-state index contributed by atoms with van der Waals surface area (Å²) in [5.41, 5.74) is 0.298. The van der Waals surface area contributed by atoms with Crippen LogP contribution in [0, 0.1) is 5.41 Å². The first kappa shape index (κ1) is 15.9. The van der Waals surface area contributed by atoms with E-state index in [1.54, 1.807) is 6.21 Å². The van der Waals surface area contributed by atoms with Gasteiger partial charge in [0.15, 0.2) is 5.78 Å². The maximum absolute atomic E-state index is 11.9. The Morgan fingerprint density at radius 1 is 1.21 bits per heavy atom. The molecule has 1 aliphatic carbocycles. The van der Waals surface area contributed by atoms with E-state index in [0.29, 0.717) is 18.4 Å². The zero-order valence-electron chi connectivity index (χ0n) is 12.5. The minimum atomic E-state index is -0.126. The molecular formula is C16H27NO2. The maximum Gasteiger partial charge on any atom is 0.168 e. The molecule has 0 spiro atoms. The normalized spacial score (nSPS) is 19.4. The molecule has 0 atom stereocenters. The molecule has 3 heteroatoms. The first-order chi connectivity index (χ1) is 8.96. The number of unbranched alkanes of at least 4 members (excludes halogenated alkanes) is 4. The van der Waals surface area contributed by atoms with Crippen LogP contribution >= 0.6 is 0 Å². The van der Waals surface area contributed by atoms with Crippen molar-refractivity contribution in [3.63, 3.8) is 0 Å². The Balaban J connectivity index is 2.41. The molecule has 1 aliphatic rings. The fourth-order valence-electron chi connectivity index (χ4n) is 2.41.